The highest BCUT2D eigenvalue weighted by Gasteiger charge is 2.40. The van der Waals surface area contributed by atoms with E-state index in [0.29, 0.717) is 59.0 Å². The Bertz CT molecular complexity index is 4850. The largest absolute Gasteiger partial charge is 0.354 e. The first-order valence-electron chi connectivity index (χ1n) is 23.0. The van der Waals surface area contributed by atoms with Gasteiger partial charge < -0.3 is 9.38 Å². The van der Waals surface area contributed by atoms with Crippen LogP contribution in [0, 0.1) is 145 Å². The Hall–Kier alpha value is -9.90. The van der Waals surface area contributed by atoms with Gasteiger partial charge in [0.1, 0.15) is 0 Å². The molecule has 12 rings (SSSR count). The molecule has 8 bridgehead atoms. The number of hydrogen-bond donors (Lipinski definition) is 1. The molecule has 0 fully saturated rings. The van der Waals surface area contributed by atoms with Crippen molar-refractivity contribution in [3.8, 4) is 11.1 Å². The molecule has 0 radical (unpaired) electrons. The minimum atomic E-state index is -2.87. The lowest BCUT2D eigenvalue weighted by atomic mass is 9.96. The zero-order valence-corrected chi connectivity index (χ0v) is 39.9. The standard InChI is InChI=1S/C55H10F25N5/c56-30-25(31(57)41(67)50(76)40(30)66)20-10-1-2-11(81-10)21(26-32(58)42(68)51(77)43(69)33(26)59)13-5-6-15(83-13)23(28-36(62)46(72)53(79)47(73)37(28)63)17-7-8-18-24(29-38(64)48(74)54(80)49(75)39(29)65)55-19(85(17)18)9-16(84-55)22(14-4-3-12(20)82-14)27-34(60)44(70)52(78)45(71)35(27)61/h1-9,81H. The summed E-state index contributed by atoms with van der Waals surface area (Å²) in [6.45, 7) is 0. The van der Waals surface area contributed by atoms with Crippen LogP contribution in [0.5, 0.6) is 0 Å². The SMILES string of the molecule is Fc1c(F)c(F)c(C2=C3C=CC(=N3)C(c3c(F)c(F)c(F)c(F)c3F)=c3ccc([nH]3)=C(c3c(F)c(F)c(F)c(F)c3F)C3=NC(=C(c4c(F)c(F)c(F)c(F)c4F)c4ccc5c(-c6c(F)c(F)c(F)c(F)c6F)c6c(n45)=CC2=N6)C=C3)c(F)c1F. The monoisotopic (exact) mass is 1220 g/mol. The van der Waals surface area contributed by atoms with Crippen molar-refractivity contribution in [2.45, 2.75) is 0 Å². The fourth-order valence-electron chi connectivity index (χ4n) is 10.0. The van der Waals surface area contributed by atoms with Crippen LogP contribution in [0.3, 0.4) is 0 Å². The first-order valence-corrected chi connectivity index (χ1v) is 23.0. The van der Waals surface area contributed by atoms with Crippen LogP contribution in [-0.4, -0.2) is 26.5 Å². The molecule has 7 heterocycles. The van der Waals surface area contributed by atoms with Gasteiger partial charge in [0.25, 0.3) is 0 Å². The first kappa shape index (κ1) is 55.6. The molecule has 5 aromatic carbocycles. The van der Waals surface area contributed by atoms with Crippen LogP contribution in [0.1, 0.15) is 27.9 Å². The fourth-order valence-corrected chi connectivity index (χ4v) is 10.0. The van der Waals surface area contributed by atoms with Gasteiger partial charge in [0.05, 0.1) is 78.6 Å². The zero-order chi connectivity index (χ0) is 61.3. The number of fused-ring (bicyclic) bond motifs is 5. The van der Waals surface area contributed by atoms with Crippen molar-refractivity contribution < 1.29 is 110 Å². The third-order valence-electron chi connectivity index (χ3n) is 13.7. The number of H-pyrrole nitrogens is 1. The number of nitrogens with one attached hydrogen (secondary N) is 1. The Morgan fingerprint density at radius 3 is 0.941 bits per heavy atom. The molecule has 0 saturated heterocycles. The number of aromatic nitrogens is 2. The van der Waals surface area contributed by atoms with Gasteiger partial charge in [-0.2, -0.15) is 0 Å². The molecule has 430 valence electrons. The minimum absolute atomic E-state index is 0.366. The Morgan fingerprint density at radius 1 is 0.271 bits per heavy atom. The molecular weight excluding hydrogens is 1210 g/mol. The minimum Gasteiger partial charge on any atom is -0.354 e. The molecule has 0 spiro atoms. The van der Waals surface area contributed by atoms with Crippen LogP contribution in [0.15, 0.2) is 74.9 Å². The van der Waals surface area contributed by atoms with Crippen LogP contribution in [0.4, 0.5) is 115 Å². The second-order valence-electron chi connectivity index (χ2n) is 18.1. The third kappa shape index (κ3) is 7.54. The molecule has 85 heavy (non-hydrogen) atoms. The van der Waals surface area contributed by atoms with Gasteiger partial charge in [-0.3, -0.25) is 0 Å². The number of allylic oxidation sites excluding steroid dienone is 5. The van der Waals surface area contributed by atoms with E-state index in [2.05, 4.69) is 20.0 Å². The lowest BCUT2D eigenvalue weighted by Crippen LogP contribution is -2.24. The quantitative estimate of drug-likeness (QED) is 0.101. The van der Waals surface area contributed by atoms with E-state index in [-0.39, 0.29) is 0 Å². The number of rotatable bonds is 5. The summed E-state index contributed by atoms with van der Waals surface area (Å²) in [6.07, 6.45) is 2.21. The Kier molecular flexibility index (Phi) is 12.5. The number of nitrogens with zero attached hydrogens (tertiary/aromatic N) is 4. The van der Waals surface area contributed by atoms with Crippen molar-refractivity contribution in [1.29, 1.82) is 0 Å². The fraction of sp³-hybridized carbons (Fsp3) is 0. The van der Waals surface area contributed by atoms with E-state index in [1.807, 2.05) is 0 Å². The average Bonchev–Trinajstić information content (AvgIpc) is 1.67. The van der Waals surface area contributed by atoms with Crippen LogP contribution >= 0.6 is 0 Å². The summed E-state index contributed by atoms with van der Waals surface area (Å²) < 4.78 is 390. The summed E-state index contributed by atoms with van der Waals surface area (Å²) in [5.41, 5.74) is -27.5. The second kappa shape index (κ2) is 19.1. The maximum Gasteiger partial charge on any atom is 0.200 e. The molecule has 0 atom stereocenters. The van der Waals surface area contributed by atoms with E-state index in [4.69, 9.17) is 0 Å². The lowest BCUT2D eigenvalue weighted by molar-refractivity contribution is 0.376. The normalized spacial score (nSPS) is 14.7. The van der Waals surface area contributed by atoms with Crippen LogP contribution in [0.25, 0.3) is 45.0 Å². The lowest BCUT2D eigenvalue weighted by Gasteiger charge is -2.15. The van der Waals surface area contributed by atoms with Crippen LogP contribution in [-0.2, 0) is 0 Å². The number of aliphatic imine (C=N–C) groups is 3. The molecule has 0 aliphatic carbocycles. The molecule has 0 saturated carbocycles. The van der Waals surface area contributed by atoms with Crippen LogP contribution in [0.2, 0.25) is 0 Å². The van der Waals surface area contributed by atoms with Crippen LogP contribution < -0.4 is 16.0 Å². The second-order valence-corrected chi connectivity index (χ2v) is 18.1. The molecular formula is C55H10F25N5. The molecule has 8 aromatic rings. The Labute approximate surface area is 450 Å². The topological polar surface area (TPSA) is 57.3 Å². The molecule has 30 heteroatoms. The molecule has 3 aromatic heterocycles. The van der Waals surface area contributed by atoms with Gasteiger partial charge in [-0.15, -0.1) is 0 Å². The summed E-state index contributed by atoms with van der Waals surface area (Å²) >= 11 is 0. The summed E-state index contributed by atoms with van der Waals surface area (Å²) in [7, 11) is 0. The van der Waals surface area contributed by atoms with Crippen molar-refractivity contribution in [1.82, 2.24) is 9.38 Å². The van der Waals surface area contributed by atoms with Gasteiger partial charge in [-0.25, -0.2) is 125 Å². The number of aromatic amines is 1. The predicted molar refractivity (Wildman–Crippen MR) is 245 cm³/mol. The van der Waals surface area contributed by atoms with Gasteiger partial charge in [-0.1, -0.05) is 0 Å². The third-order valence-corrected chi connectivity index (χ3v) is 13.7. The van der Waals surface area contributed by atoms with E-state index >= 15 is 87.8 Å². The van der Waals surface area contributed by atoms with E-state index in [1.165, 1.54) is 0 Å². The maximum absolute atomic E-state index is 16.5. The molecule has 0 unspecified atom stereocenters. The van der Waals surface area contributed by atoms with Gasteiger partial charge >= 0.3 is 0 Å². The van der Waals surface area contributed by atoms with Gasteiger partial charge in [-0.05, 0) is 54.6 Å². The molecule has 5 nitrogen and oxygen atoms in total. The summed E-state index contributed by atoms with van der Waals surface area (Å²) in [5, 5.41) is -3.29. The molecule has 4 aliphatic heterocycles. The molecule has 0 amide bonds. The van der Waals surface area contributed by atoms with E-state index in [0.717, 1.165) is 0 Å². The van der Waals surface area contributed by atoms with E-state index in [9.17, 15) is 22.0 Å². The number of benzene rings is 5. The zero-order valence-electron chi connectivity index (χ0n) is 39.9. The van der Waals surface area contributed by atoms with E-state index in [1.54, 1.807) is 0 Å². The highest BCUT2D eigenvalue weighted by molar-refractivity contribution is 6.42. The van der Waals surface area contributed by atoms with E-state index < -0.39 is 263 Å². The highest BCUT2D eigenvalue weighted by Crippen LogP contribution is 2.47. The molecule has 1 N–H and O–H groups in total. The Morgan fingerprint density at radius 2 is 0.576 bits per heavy atom. The van der Waals surface area contributed by atoms with Crippen molar-refractivity contribution in [2.75, 3.05) is 0 Å². The summed E-state index contributed by atoms with van der Waals surface area (Å²) in [6, 6.07) is 2.13. The average molecular weight is 1220 g/mol. The van der Waals surface area contributed by atoms with Crippen molar-refractivity contribution in [3.63, 3.8) is 0 Å². The number of hydrogen-bond acceptors (Lipinski definition) is 3. The van der Waals surface area contributed by atoms with Crippen molar-refractivity contribution in [3.05, 3.63) is 249 Å². The van der Waals surface area contributed by atoms with Crippen molar-refractivity contribution in [2.24, 2.45) is 15.0 Å². The highest BCUT2D eigenvalue weighted by atomic mass is 19.2. The van der Waals surface area contributed by atoms with Gasteiger partial charge in [0, 0.05) is 38.6 Å². The Balaban J connectivity index is 1.36. The predicted octanol–water partition coefficient (Wildman–Crippen LogP) is 13.3. The summed E-state index contributed by atoms with van der Waals surface area (Å²) in [5.74, 6) is -69.6. The van der Waals surface area contributed by atoms with Gasteiger partial charge in [0.15, 0.2) is 116 Å². The first-order chi connectivity index (χ1) is 40.1. The van der Waals surface area contributed by atoms with Crippen molar-refractivity contribution >= 4 is 56.7 Å². The number of halogens is 25. The smallest absolute Gasteiger partial charge is 0.200 e. The summed E-state index contributed by atoms with van der Waals surface area (Å²) in [4.78, 5) is 14.1. The maximum atomic E-state index is 16.5. The molecule has 4 aliphatic rings. The van der Waals surface area contributed by atoms with Gasteiger partial charge in [0.2, 0.25) is 29.1 Å².